The zero-order valence-electron chi connectivity index (χ0n) is 2.22. The van der Waals surface area contributed by atoms with E-state index in [4.69, 9.17) is 0 Å². The van der Waals surface area contributed by atoms with Crippen molar-refractivity contribution in [2.45, 2.75) is 0 Å². The number of hydrogen-bond donors (Lipinski definition) is 0. The van der Waals surface area contributed by atoms with Crippen LogP contribution in [0.15, 0.2) is 0 Å². The van der Waals surface area contributed by atoms with Crippen molar-refractivity contribution in [3.05, 3.63) is 0 Å². The van der Waals surface area contributed by atoms with Gasteiger partial charge in [-0.1, -0.05) is 0 Å². The third-order valence-electron chi connectivity index (χ3n) is 0. The third kappa shape index (κ3) is 8.96. The van der Waals surface area contributed by atoms with Gasteiger partial charge in [-0.3, -0.25) is 0 Å². The summed E-state index contributed by atoms with van der Waals surface area (Å²) in [4.78, 5) is 0. The maximum Gasteiger partial charge on any atom is 0 e. The number of hydrogen-bond acceptors (Lipinski definition) is 0. The van der Waals surface area contributed by atoms with Crippen LogP contribution in [0, 0.1) is 0 Å². The molecular formula is H5AsCuSZn. The van der Waals surface area contributed by atoms with Crippen molar-refractivity contribution in [3.8, 4) is 0 Å². The van der Waals surface area contributed by atoms with Gasteiger partial charge in [0.05, 0.1) is 0 Å². The van der Waals surface area contributed by atoms with Crippen molar-refractivity contribution in [1.82, 2.24) is 0 Å². The molecule has 0 heterocycles. The van der Waals surface area contributed by atoms with E-state index in [1.54, 1.807) is 0 Å². The van der Waals surface area contributed by atoms with Crippen LogP contribution >= 0.6 is 13.5 Å². The summed E-state index contributed by atoms with van der Waals surface area (Å²) in [6.07, 6.45) is 0. The molecule has 0 saturated heterocycles. The van der Waals surface area contributed by atoms with E-state index in [0.717, 1.165) is 0 Å². The van der Waals surface area contributed by atoms with Crippen LogP contribution in [0.2, 0.25) is 0 Å². The predicted molar refractivity (Wildman–Crippen MR) is 20.3 cm³/mol. The fourth-order valence-electron chi connectivity index (χ4n) is 0. The molecule has 1 unspecified atom stereocenters. The van der Waals surface area contributed by atoms with Crippen molar-refractivity contribution >= 4 is 31.4 Å². The Morgan fingerprint density at radius 3 is 1.00 bits per heavy atom. The first kappa shape index (κ1) is 36.7. The molecule has 0 fully saturated rings. The zero-order valence-corrected chi connectivity index (χ0v) is 10.1. The molecule has 0 saturated carbocycles. The average Bonchev–Trinajstić information content (AvgIpc) is 0. The smallest absolute Gasteiger partial charge is 0 e. The first-order valence-electron chi connectivity index (χ1n) is 0. The van der Waals surface area contributed by atoms with Gasteiger partial charge in [-0.05, 0) is 0 Å². The van der Waals surface area contributed by atoms with Crippen molar-refractivity contribution in [1.29, 1.82) is 0 Å². The fraction of sp³-hybridized carbons (Fsp3) is 0. The fourth-order valence-corrected chi connectivity index (χ4v) is 0. The second-order valence-electron chi connectivity index (χ2n) is 0. The molecule has 1 radical (unpaired) electrons. The van der Waals surface area contributed by atoms with Gasteiger partial charge in [-0.25, -0.2) is 0 Å². The second kappa shape index (κ2) is 19.7. The Balaban J connectivity index is 0. The minimum absolute atomic E-state index is 0. The molecule has 0 aromatic heterocycles. The summed E-state index contributed by atoms with van der Waals surface area (Å²) in [7, 11) is 0. The van der Waals surface area contributed by atoms with Crippen LogP contribution in [0.4, 0.5) is 0 Å². The molecule has 0 aliphatic rings. The summed E-state index contributed by atoms with van der Waals surface area (Å²) in [6.45, 7) is 0. The molecule has 0 aromatic carbocycles. The first-order chi connectivity index (χ1) is 0. The molecular weight excluding hydrogens is 236 g/mol. The van der Waals surface area contributed by atoms with Gasteiger partial charge >= 0.3 is 18.0 Å². The van der Waals surface area contributed by atoms with E-state index in [2.05, 4.69) is 0 Å². The van der Waals surface area contributed by atoms with Gasteiger partial charge in [-0.15, -0.1) is 0 Å². The summed E-state index contributed by atoms with van der Waals surface area (Å²) < 4.78 is 0. The topological polar surface area (TPSA) is 0 Å². The van der Waals surface area contributed by atoms with Crippen LogP contribution in [0.25, 0.3) is 0 Å². The van der Waals surface area contributed by atoms with E-state index in [-0.39, 0.29) is 68.0 Å². The molecule has 4 heavy (non-hydrogen) atoms. The molecule has 0 aliphatic carbocycles. The summed E-state index contributed by atoms with van der Waals surface area (Å²) in [6, 6.07) is 0. The normalized spacial score (nSPS) is 0. The molecule has 0 aliphatic heterocycles. The molecule has 0 nitrogen and oxygen atoms in total. The zero-order chi connectivity index (χ0) is 0. The summed E-state index contributed by atoms with van der Waals surface area (Å²) in [5.74, 6) is 0. The van der Waals surface area contributed by atoms with Gasteiger partial charge in [-0.2, -0.15) is 13.5 Å². The number of rotatable bonds is 0. The molecule has 0 N–H and O–H groups in total. The van der Waals surface area contributed by atoms with Crippen LogP contribution < -0.4 is 0 Å². The van der Waals surface area contributed by atoms with Crippen LogP contribution in [0.3, 0.4) is 0 Å². The van der Waals surface area contributed by atoms with E-state index in [0.29, 0.717) is 0 Å². The quantitative estimate of drug-likeness (QED) is 0.473. The Morgan fingerprint density at radius 2 is 1.00 bits per heavy atom. The van der Waals surface area contributed by atoms with E-state index >= 15 is 0 Å². The molecule has 4 heteroatoms. The Labute approximate surface area is 67.5 Å². The maximum absolute atomic E-state index is 0. The van der Waals surface area contributed by atoms with Gasteiger partial charge in [0.1, 0.15) is 0 Å². The monoisotopic (exact) mass is 239 g/mol. The van der Waals surface area contributed by atoms with Gasteiger partial charge < -0.3 is 0 Å². The molecule has 0 aromatic rings. The van der Waals surface area contributed by atoms with Crippen LogP contribution in [0.1, 0.15) is 0 Å². The van der Waals surface area contributed by atoms with Crippen LogP contribution in [-0.4, -0.2) is 18.0 Å². The average molecular weight is 241 g/mol. The Kier molecular flexibility index (Phi) is 181. The Hall–Kier alpha value is 2.05. The standard InChI is InChI=1S/AsH3.Cu.H2S.Zn/h1H3;;1H2;. The Bertz CT molecular complexity index is 8.00. The van der Waals surface area contributed by atoms with Crippen LogP contribution in [0.5, 0.6) is 0 Å². The summed E-state index contributed by atoms with van der Waals surface area (Å²) in [5, 5.41) is 0. The van der Waals surface area contributed by atoms with Gasteiger partial charge in [0.25, 0.3) is 0 Å². The van der Waals surface area contributed by atoms with E-state index < -0.39 is 0 Å². The van der Waals surface area contributed by atoms with Gasteiger partial charge in [0.2, 0.25) is 0 Å². The van der Waals surface area contributed by atoms with E-state index in [9.17, 15) is 0 Å². The summed E-state index contributed by atoms with van der Waals surface area (Å²) >= 11 is 0. The second-order valence-corrected chi connectivity index (χ2v) is 0. The largest absolute Gasteiger partial charge is 0 e. The van der Waals surface area contributed by atoms with Crippen molar-refractivity contribution < 1.29 is 36.5 Å². The van der Waals surface area contributed by atoms with Gasteiger partial charge in [0, 0.05) is 36.5 Å². The van der Waals surface area contributed by atoms with Crippen LogP contribution in [-0.2, 0) is 36.5 Å². The molecule has 0 spiro atoms. The third-order valence-corrected chi connectivity index (χ3v) is 0. The van der Waals surface area contributed by atoms with Gasteiger partial charge in [0.15, 0.2) is 0 Å². The summed E-state index contributed by atoms with van der Waals surface area (Å²) in [5.41, 5.74) is 0. The predicted octanol–water partition coefficient (Wildman–Crippen LogP) is -1.08. The first-order valence-corrected chi connectivity index (χ1v) is 0. The SMILES string of the molecule is S.[AsH3].[Cu].[Zn]. The van der Waals surface area contributed by atoms with Crippen molar-refractivity contribution in [2.75, 3.05) is 0 Å². The molecule has 0 rings (SSSR count). The van der Waals surface area contributed by atoms with E-state index in [1.165, 1.54) is 0 Å². The maximum atomic E-state index is 0. The Morgan fingerprint density at radius 1 is 1.00 bits per heavy atom. The molecule has 29 valence electrons. The minimum atomic E-state index is 0. The molecule has 0 amide bonds. The van der Waals surface area contributed by atoms with Crippen molar-refractivity contribution in [3.63, 3.8) is 0 Å². The van der Waals surface area contributed by atoms with E-state index in [1.807, 2.05) is 0 Å². The van der Waals surface area contributed by atoms with Crippen molar-refractivity contribution in [2.24, 2.45) is 0 Å². The molecule has 0 bridgehead atoms. The molecule has 1 atom stereocenters. The minimum Gasteiger partial charge on any atom is 0 e.